The summed E-state index contributed by atoms with van der Waals surface area (Å²) in [4.78, 5) is 32.5. The number of amides is 2. The van der Waals surface area contributed by atoms with Crippen LogP contribution in [0.5, 0.6) is 5.75 Å². The topological polar surface area (TPSA) is 104 Å². The summed E-state index contributed by atoms with van der Waals surface area (Å²) in [7, 11) is 0. The first-order valence-corrected chi connectivity index (χ1v) is 12.4. The number of phenolic OH excluding ortho intramolecular Hbond substituents is 1. The van der Waals surface area contributed by atoms with Crippen LogP contribution in [0.3, 0.4) is 0 Å². The number of phenols is 1. The molecule has 0 spiro atoms. The molecule has 0 unspecified atom stereocenters. The number of aromatic nitrogens is 2. The number of carbonyl (C=O) groups is 2. The lowest BCUT2D eigenvalue weighted by Crippen LogP contribution is -2.33. The van der Waals surface area contributed by atoms with E-state index in [0.29, 0.717) is 28.3 Å². The summed E-state index contributed by atoms with van der Waals surface area (Å²) in [5.41, 5.74) is 1.90. The average molecular weight is 475 g/mol. The molecule has 2 heterocycles. The highest BCUT2D eigenvalue weighted by Crippen LogP contribution is 2.28. The summed E-state index contributed by atoms with van der Waals surface area (Å²) in [5, 5.41) is 17.4. The van der Waals surface area contributed by atoms with Gasteiger partial charge in [-0.15, -0.1) is 0 Å². The van der Waals surface area contributed by atoms with E-state index >= 15 is 0 Å². The van der Waals surface area contributed by atoms with Crippen LogP contribution < -0.4 is 10.6 Å². The molecule has 0 radical (unpaired) electrons. The van der Waals surface area contributed by atoms with Gasteiger partial charge in [-0.2, -0.15) is 0 Å². The monoisotopic (exact) mass is 474 g/mol. The van der Waals surface area contributed by atoms with Crippen molar-refractivity contribution in [1.29, 1.82) is 0 Å². The van der Waals surface area contributed by atoms with E-state index in [4.69, 9.17) is 0 Å². The number of aromatic hydroxyl groups is 1. The molecule has 2 aromatic carbocycles. The number of fused-ring (bicyclic) bond motifs is 1. The standard InChI is InChI=1S/C26H26N4O3S/c31-22-8-5-18-11-17(1-4-19(18)13-22)15-28-20-6-2-16(3-7-20)12-24-27-10-9-21(29-24)14-23-25(32)30-26(33)34-23/h1,4-5,8-11,13-14,16,20,28,31H,2-3,6-7,12,15H2,(H,30,32,33)/b23-14-. The van der Waals surface area contributed by atoms with Crippen molar-refractivity contribution < 1.29 is 14.7 Å². The van der Waals surface area contributed by atoms with Crippen LogP contribution in [0.1, 0.15) is 42.8 Å². The van der Waals surface area contributed by atoms with Gasteiger partial charge < -0.3 is 10.4 Å². The number of nitrogens with one attached hydrogen (secondary N) is 2. The normalized spacial score (nSPS) is 21.8. The predicted molar refractivity (Wildman–Crippen MR) is 133 cm³/mol. The zero-order chi connectivity index (χ0) is 23.5. The minimum absolute atomic E-state index is 0.293. The fourth-order valence-electron chi connectivity index (χ4n) is 4.63. The van der Waals surface area contributed by atoms with Gasteiger partial charge in [0.25, 0.3) is 11.1 Å². The van der Waals surface area contributed by atoms with Gasteiger partial charge in [0.05, 0.1) is 10.6 Å². The maximum atomic E-state index is 11.8. The first-order valence-electron chi connectivity index (χ1n) is 11.5. The van der Waals surface area contributed by atoms with Crippen molar-refractivity contribution >= 4 is 39.8 Å². The molecular weight excluding hydrogens is 448 g/mol. The first-order chi connectivity index (χ1) is 16.5. The molecule has 2 aliphatic rings. The molecule has 1 saturated carbocycles. The minimum Gasteiger partial charge on any atom is -0.508 e. The Kier molecular flexibility index (Phi) is 6.60. The second kappa shape index (κ2) is 9.95. The zero-order valence-corrected chi connectivity index (χ0v) is 19.5. The largest absolute Gasteiger partial charge is 0.508 e. The van der Waals surface area contributed by atoms with Crippen LogP contribution in [-0.4, -0.2) is 32.3 Å². The summed E-state index contributed by atoms with van der Waals surface area (Å²) in [6.07, 6.45) is 8.66. The van der Waals surface area contributed by atoms with E-state index in [1.54, 1.807) is 30.5 Å². The van der Waals surface area contributed by atoms with Crippen molar-refractivity contribution in [3.8, 4) is 5.75 Å². The molecule has 3 N–H and O–H groups in total. The van der Waals surface area contributed by atoms with Gasteiger partial charge in [0.1, 0.15) is 11.6 Å². The van der Waals surface area contributed by atoms with Gasteiger partial charge in [-0.1, -0.05) is 18.2 Å². The highest BCUT2D eigenvalue weighted by molar-refractivity contribution is 8.18. The van der Waals surface area contributed by atoms with E-state index in [2.05, 4.69) is 38.8 Å². The molecule has 8 heteroatoms. The van der Waals surface area contributed by atoms with Crippen molar-refractivity contribution in [1.82, 2.24) is 20.6 Å². The van der Waals surface area contributed by atoms with E-state index in [1.807, 2.05) is 6.07 Å². The van der Waals surface area contributed by atoms with Crippen LogP contribution in [-0.2, 0) is 17.8 Å². The molecule has 34 heavy (non-hydrogen) atoms. The van der Waals surface area contributed by atoms with E-state index in [1.165, 1.54) is 5.56 Å². The number of nitrogens with zero attached hydrogens (tertiary/aromatic N) is 2. The molecule has 1 aromatic heterocycles. The molecule has 174 valence electrons. The second-order valence-corrected chi connectivity index (χ2v) is 9.93. The number of hydrogen-bond acceptors (Lipinski definition) is 7. The summed E-state index contributed by atoms with van der Waals surface area (Å²) >= 11 is 0.898. The number of hydrogen-bond donors (Lipinski definition) is 3. The third kappa shape index (κ3) is 5.46. The van der Waals surface area contributed by atoms with Crippen LogP contribution in [0.15, 0.2) is 53.6 Å². The van der Waals surface area contributed by atoms with Gasteiger partial charge in [-0.05, 0) is 90.0 Å². The third-order valence-electron chi connectivity index (χ3n) is 6.45. The molecule has 5 rings (SSSR count). The Morgan fingerprint density at radius 3 is 2.65 bits per heavy atom. The van der Waals surface area contributed by atoms with Crippen LogP contribution in [0.4, 0.5) is 4.79 Å². The number of carbonyl (C=O) groups excluding carboxylic acids is 2. The van der Waals surface area contributed by atoms with Gasteiger partial charge in [-0.3, -0.25) is 14.9 Å². The van der Waals surface area contributed by atoms with Crippen LogP contribution >= 0.6 is 11.8 Å². The predicted octanol–water partition coefficient (Wildman–Crippen LogP) is 4.55. The lowest BCUT2D eigenvalue weighted by Gasteiger charge is -2.29. The van der Waals surface area contributed by atoms with Gasteiger partial charge in [0, 0.05) is 25.2 Å². The molecule has 1 aliphatic carbocycles. The summed E-state index contributed by atoms with van der Waals surface area (Å²) in [6.45, 7) is 0.833. The van der Waals surface area contributed by atoms with Gasteiger partial charge in [-0.25, -0.2) is 9.97 Å². The third-order valence-corrected chi connectivity index (χ3v) is 7.26. The average Bonchev–Trinajstić information content (AvgIpc) is 3.15. The Morgan fingerprint density at radius 1 is 1.06 bits per heavy atom. The molecule has 2 fully saturated rings. The summed E-state index contributed by atoms with van der Waals surface area (Å²) in [6, 6.07) is 14.1. The highest BCUT2D eigenvalue weighted by atomic mass is 32.2. The van der Waals surface area contributed by atoms with E-state index < -0.39 is 0 Å². The smallest absolute Gasteiger partial charge is 0.290 e. The molecular formula is C26H26N4O3S. The maximum absolute atomic E-state index is 11.8. The number of rotatable bonds is 6. The number of benzene rings is 2. The van der Waals surface area contributed by atoms with Crippen molar-refractivity contribution in [2.45, 2.75) is 44.7 Å². The second-order valence-electron chi connectivity index (χ2n) is 8.92. The van der Waals surface area contributed by atoms with Gasteiger partial charge >= 0.3 is 0 Å². The van der Waals surface area contributed by atoms with E-state index in [9.17, 15) is 14.7 Å². The van der Waals surface area contributed by atoms with E-state index in [-0.39, 0.29) is 11.1 Å². The van der Waals surface area contributed by atoms with E-state index in [0.717, 1.165) is 67.0 Å². The molecule has 7 nitrogen and oxygen atoms in total. The minimum atomic E-state index is -0.371. The Hall–Kier alpha value is -3.23. The Bertz CT molecular complexity index is 1270. The zero-order valence-electron chi connectivity index (χ0n) is 18.7. The SMILES string of the molecule is O=C1NC(=O)/C(=C/c2ccnc(CC3CCC(NCc4ccc5cc(O)ccc5c4)CC3)n2)S1. The first kappa shape index (κ1) is 22.6. The lowest BCUT2D eigenvalue weighted by atomic mass is 9.84. The Balaban J connectivity index is 1.12. The Morgan fingerprint density at radius 2 is 1.85 bits per heavy atom. The van der Waals surface area contributed by atoms with Crippen molar-refractivity contribution in [3.63, 3.8) is 0 Å². The summed E-state index contributed by atoms with van der Waals surface area (Å²) in [5.74, 6) is 1.24. The summed E-state index contributed by atoms with van der Waals surface area (Å²) < 4.78 is 0. The molecule has 3 aromatic rings. The molecule has 2 amide bonds. The Labute approximate surface area is 202 Å². The lowest BCUT2D eigenvalue weighted by molar-refractivity contribution is -0.115. The van der Waals surface area contributed by atoms with Crippen molar-refractivity contribution in [2.24, 2.45) is 5.92 Å². The molecule has 0 bridgehead atoms. The highest BCUT2D eigenvalue weighted by Gasteiger charge is 2.25. The van der Waals surface area contributed by atoms with Crippen LogP contribution in [0, 0.1) is 5.92 Å². The van der Waals surface area contributed by atoms with Gasteiger partial charge in [0.15, 0.2) is 0 Å². The van der Waals surface area contributed by atoms with Crippen molar-refractivity contribution in [3.05, 3.63) is 70.6 Å². The molecule has 0 atom stereocenters. The van der Waals surface area contributed by atoms with Crippen LogP contribution in [0.25, 0.3) is 16.8 Å². The van der Waals surface area contributed by atoms with Gasteiger partial charge in [0.2, 0.25) is 0 Å². The fraction of sp³-hybridized carbons (Fsp3) is 0.308. The van der Waals surface area contributed by atoms with Crippen molar-refractivity contribution in [2.75, 3.05) is 0 Å². The molecule has 1 saturated heterocycles. The van der Waals surface area contributed by atoms with Crippen LogP contribution in [0.2, 0.25) is 0 Å². The number of imide groups is 1. The quantitative estimate of drug-likeness (QED) is 0.450. The maximum Gasteiger partial charge on any atom is 0.290 e. The fourth-order valence-corrected chi connectivity index (χ4v) is 5.30. The number of thioether (sulfide) groups is 1. The molecule has 1 aliphatic heterocycles.